The summed E-state index contributed by atoms with van der Waals surface area (Å²) in [5.74, 6) is 0.0965. The molecule has 78 valence electrons. The van der Waals surface area contributed by atoms with Gasteiger partial charge in [0.25, 0.3) is 0 Å². The van der Waals surface area contributed by atoms with E-state index in [1.54, 1.807) is 6.07 Å². The molecule has 0 aromatic carbocycles. The van der Waals surface area contributed by atoms with Crippen molar-refractivity contribution >= 4 is 11.5 Å². The standard InChI is InChI=1S/C8H10F3N3/c1-14(5-8(9,10)11)6-3-2-4-13-7(6)12/h2-4H,5H2,1H3,(H2,12,13). The Morgan fingerprint density at radius 1 is 1.50 bits per heavy atom. The Bertz CT molecular complexity index is 311. The predicted octanol–water partition coefficient (Wildman–Crippen LogP) is 1.66. The van der Waals surface area contributed by atoms with Gasteiger partial charge in [-0.15, -0.1) is 0 Å². The fourth-order valence-corrected chi connectivity index (χ4v) is 1.09. The molecule has 0 spiro atoms. The Hall–Kier alpha value is -1.46. The molecular weight excluding hydrogens is 195 g/mol. The summed E-state index contributed by atoms with van der Waals surface area (Å²) in [6, 6.07) is 3.03. The summed E-state index contributed by atoms with van der Waals surface area (Å²) in [7, 11) is 1.32. The highest BCUT2D eigenvalue weighted by molar-refractivity contribution is 5.62. The van der Waals surface area contributed by atoms with Crippen molar-refractivity contribution in [1.29, 1.82) is 0 Å². The first kappa shape index (κ1) is 10.6. The summed E-state index contributed by atoms with van der Waals surface area (Å²) < 4.78 is 36.1. The fourth-order valence-electron chi connectivity index (χ4n) is 1.09. The molecule has 0 radical (unpaired) electrons. The lowest BCUT2D eigenvalue weighted by molar-refractivity contribution is -0.119. The summed E-state index contributed by atoms with van der Waals surface area (Å²) in [5.41, 5.74) is 5.70. The number of alkyl halides is 3. The first-order valence-corrected chi connectivity index (χ1v) is 3.88. The van der Waals surface area contributed by atoms with Crippen LogP contribution in [0.5, 0.6) is 0 Å². The molecule has 1 rings (SSSR count). The maximum Gasteiger partial charge on any atom is 0.405 e. The molecule has 0 aliphatic carbocycles. The normalized spacial score (nSPS) is 11.4. The fraction of sp³-hybridized carbons (Fsp3) is 0.375. The molecule has 0 aliphatic heterocycles. The molecule has 1 aromatic heterocycles. The Morgan fingerprint density at radius 2 is 2.14 bits per heavy atom. The van der Waals surface area contributed by atoms with Gasteiger partial charge in [0.15, 0.2) is 0 Å². The molecule has 0 fully saturated rings. The van der Waals surface area contributed by atoms with E-state index in [9.17, 15) is 13.2 Å². The van der Waals surface area contributed by atoms with Crippen molar-refractivity contribution in [1.82, 2.24) is 4.98 Å². The van der Waals surface area contributed by atoms with Gasteiger partial charge in [-0.3, -0.25) is 0 Å². The van der Waals surface area contributed by atoms with Crippen molar-refractivity contribution in [3.63, 3.8) is 0 Å². The van der Waals surface area contributed by atoms with E-state index < -0.39 is 12.7 Å². The van der Waals surface area contributed by atoms with Gasteiger partial charge in [-0.25, -0.2) is 4.98 Å². The van der Waals surface area contributed by atoms with Gasteiger partial charge in [0, 0.05) is 13.2 Å². The number of nitrogens with zero attached hydrogens (tertiary/aromatic N) is 2. The van der Waals surface area contributed by atoms with E-state index in [0.29, 0.717) is 0 Å². The average molecular weight is 205 g/mol. The zero-order chi connectivity index (χ0) is 10.8. The van der Waals surface area contributed by atoms with E-state index in [4.69, 9.17) is 5.73 Å². The zero-order valence-corrected chi connectivity index (χ0v) is 7.54. The lowest BCUT2D eigenvalue weighted by Gasteiger charge is -2.21. The molecule has 1 aromatic rings. The molecule has 0 atom stereocenters. The average Bonchev–Trinajstić information content (AvgIpc) is 2.01. The van der Waals surface area contributed by atoms with Gasteiger partial charge in [-0.1, -0.05) is 0 Å². The second-order valence-electron chi connectivity index (χ2n) is 2.88. The molecule has 0 saturated carbocycles. The molecule has 0 amide bonds. The summed E-state index contributed by atoms with van der Waals surface area (Å²) in [6.45, 7) is -1.04. The summed E-state index contributed by atoms with van der Waals surface area (Å²) in [5, 5.41) is 0. The van der Waals surface area contributed by atoms with Gasteiger partial charge in [-0.2, -0.15) is 13.2 Å². The number of rotatable bonds is 2. The second kappa shape index (κ2) is 3.73. The van der Waals surface area contributed by atoms with E-state index in [1.165, 1.54) is 19.3 Å². The smallest absolute Gasteiger partial charge is 0.382 e. The maximum atomic E-state index is 12.0. The van der Waals surface area contributed by atoms with Crippen LogP contribution in [-0.2, 0) is 0 Å². The Labute approximate surface area is 79.3 Å². The van der Waals surface area contributed by atoms with E-state index in [1.807, 2.05) is 0 Å². The number of anilines is 2. The SMILES string of the molecule is CN(CC(F)(F)F)c1cccnc1N. The van der Waals surface area contributed by atoms with Crippen LogP contribution in [0.15, 0.2) is 18.3 Å². The van der Waals surface area contributed by atoms with Crippen LogP contribution in [0, 0.1) is 0 Å². The van der Waals surface area contributed by atoms with E-state index >= 15 is 0 Å². The first-order valence-electron chi connectivity index (χ1n) is 3.88. The van der Waals surface area contributed by atoms with Crippen LogP contribution in [0.1, 0.15) is 0 Å². The number of nitrogen functional groups attached to an aromatic ring is 1. The van der Waals surface area contributed by atoms with Crippen LogP contribution in [0.25, 0.3) is 0 Å². The van der Waals surface area contributed by atoms with Crippen LogP contribution in [-0.4, -0.2) is 24.8 Å². The third-order valence-electron chi connectivity index (χ3n) is 1.64. The first-order chi connectivity index (χ1) is 6.40. The van der Waals surface area contributed by atoms with Crippen molar-refractivity contribution in [3.05, 3.63) is 18.3 Å². The maximum absolute atomic E-state index is 12.0. The second-order valence-corrected chi connectivity index (χ2v) is 2.88. The molecule has 14 heavy (non-hydrogen) atoms. The minimum absolute atomic E-state index is 0.0965. The minimum atomic E-state index is -4.24. The molecule has 0 bridgehead atoms. The summed E-state index contributed by atoms with van der Waals surface area (Å²) >= 11 is 0. The monoisotopic (exact) mass is 205 g/mol. The molecule has 6 heteroatoms. The molecular formula is C8H10F3N3. The predicted molar refractivity (Wildman–Crippen MR) is 48.0 cm³/mol. The number of nitrogens with two attached hydrogens (primary N) is 1. The van der Waals surface area contributed by atoms with Crippen LogP contribution in [0.2, 0.25) is 0 Å². The van der Waals surface area contributed by atoms with Crippen LogP contribution in [0.3, 0.4) is 0 Å². The van der Waals surface area contributed by atoms with Crippen molar-refractivity contribution < 1.29 is 13.2 Å². The molecule has 1 heterocycles. The molecule has 3 nitrogen and oxygen atoms in total. The van der Waals surface area contributed by atoms with E-state index in [2.05, 4.69) is 4.98 Å². The molecule has 0 saturated heterocycles. The zero-order valence-electron chi connectivity index (χ0n) is 7.54. The Kier molecular flexibility index (Phi) is 2.83. The lowest BCUT2D eigenvalue weighted by atomic mass is 10.3. The lowest BCUT2D eigenvalue weighted by Crippen LogP contribution is -2.31. The third kappa shape index (κ3) is 2.79. The quantitative estimate of drug-likeness (QED) is 0.798. The van der Waals surface area contributed by atoms with Gasteiger partial charge >= 0.3 is 6.18 Å². The van der Waals surface area contributed by atoms with Crippen molar-refractivity contribution in [2.75, 3.05) is 24.2 Å². The number of halogens is 3. The van der Waals surface area contributed by atoms with Crippen LogP contribution in [0.4, 0.5) is 24.7 Å². The van der Waals surface area contributed by atoms with Gasteiger partial charge in [0.05, 0.1) is 5.69 Å². The minimum Gasteiger partial charge on any atom is -0.382 e. The third-order valence-corrected chi connectivity index (χ3v) is 1.64. The van der Waals surface area contributed by atoms with Gasteiger partial charge in [-0.05, 0) is 12.1 Å². The number of hydrogen-bond acceptors (Lipinski definition) is 3. The topological polar surface area (TPSA) is 42.2 Å². The Balaban J connectivity index is 2.80. The highest BCUT2D eigenvalue weighted by Crippen LogP contribution is 2.23. The van der Waals surface area contributed by atoms with Crippen molar-refractivity contribution in [2.45, 2.75) is 6.18 Å². The number of hydrogen-bond donors (Lipinski definition) is 1. The van der Waals surface area contributed by atoms with Gasteiger partial charge in [0.1, 0.15) is 12.4 Å². The largest absolute Gasteiger partial charge is 0.405 e. The summed E-state index contributed by atoms with van der Waals surface area (Å²) in [4.78, 5) is 4.72. The van der Waals surface area contributed by atoms with Crippen LogP contribution >= 0.6 is 0 Å². The van der Waals surface area contributed by atoms with Gasteiger partial charge < -0.3 is 10.6 Å². The van der Waals surface area contributed by atoms with E-state index in [-0.39, 0.29) is 11.5 Å². The van der Waals surface area contributed by atoms with Gasteiger partial charge in [0.2, 0.25) is 0 Å². The van der Waals surface area contributed by atoms with Crippen LogP contribution < -0.4 is 10.6 Å². The number of aromatic nitrogens is 1. The molecule has 0 aliphatic rings. The number of pyridine rings is 1. The molecule has 2 N–H and O–H groups in total. The molecule has 0 unspecified atom stereocenters. The highest BCUT2D eigenvalue weighted by Gasteiger charge is 2.29. The summed E-state index contributed by atoms with van der Waals surface area (Å²) in [6.07, 6.45) is -2.81. The highest BCUT2D eigenvalue weighted by atomic mass is 19.4. The van der Waals surface area contributed by atoms with Crippen molar-refractivity contribution in [3.8, 4) is 0 Å². The van der Waals surface area contributed by atoms with E-state index in [0.717, 1.165) is 4.90 Å². The van der Waals surface area contributed by atoms with Crippen molar-refractivity contribution in [2.24, 2.45) is 0 Å². The Morgan fingerprint density at radius 3 is 2.64 bits per heavy atom.